The van der Waals surface area contributed by atoms with E-state index in [9.17, 15) is 9.59 Å². The van der Waals surface area contributed by atoms with Crippen molar-refractivity contribution in [2.45, 2.75) is 0 Å². The Balaban J connectivity index is 2.30. The fraction of sp³-hybridized carbons (Fsp3) is 0. The van der Waals surface area contributed by atoms with Gasteiger partial charge in [-0.3, -0.25) is 9.59 Å². The Morgan fingerprint density at radius 1 is 0.650 bits per heavy atom. The van der Waals surface area contributed by atoms with E-state index in [0.29, 0.717) is 5.39 Å². The van der Waals surface area contributed by atoms with E-state index in [4.69, 9.17) is 0 Å². The van der Waals surface area contributed by atoms with Crippen LogP contribution in [0.2, 0.25) is 0 Å². The maximum atomic E-state index is 11.9. The second-order valence-corrected chi connectivity index (χ2v) is 4.77. The van der Waals surface area contributed by atoms with E-state index < -0.39 is 10.9 Å². The van der Waals surface area contributed by atoms with Gasteiger partial charge in [0.25, 0.3) is 0 Å². The first-order valence-electron chi connectivity index (χ1n) is 6.31. The van der Waals surface area contributed by atoms with Crippen LogP contribution in [0.15, 0.2) is 58.1 Å². The molecule has 0 bridgehead atoms. The van der Waals surface area contributed by atoms with Crippen molar-refractivity contribution in [2.75, 3.05) is 0 Å². The van der Waals surface area contributed by atoms with Crippen LogP contribution >= 0.6 is 0 Å². The van der Waals surface area contributed by atoms with Gasteiger partial charge in [-0.2, -0.15) is 0 Å². The van der Waals surface area contributed by atoms with E-state index in [1.807, 2.05) is 30.3 Å². The van der Waals surface area contributed by atoms with Gasteiger partial charge in [-0.15, -0.1) is 0 Å². The smallest absolute Gasteiger partial charge is 0.233 e. The van der Waals surface area contributed by atoms with E-state index in [1.54, 1.807) is 12.1 Å². The largest absolute Gasteiger partial charge is 0.352 e. The minimum atomic E-state index is -0.471. The molecule has 0 aliphatic carbocycles. The Bertz CT molecular complexity index is 1090. The predicted molar refractivity (Wildman–Crippen MR) is 80.2 cm³/mol. The molecule has 0 spiro atoms. The zero-order valence-electron chi connectivity index (χ0n) is 10.4. The summed E-state index contributed by atoms with van der Waals surface area (Å²) in [4.78, 5) is 30.0. The molecule has 0 radical (unpaired) electrons. The third-order valence-corrected chi connectivity index (χ3v) is 3.57. The lowest BCUT2D eigenvalue weighted by Crippen LogP contribution is -2.22. The normalized spacial score (nSPS) is 11.4. The Kier molecular flexibility index (Phi) is 2.09. The van der Waals surface area contributed by atoms with Crippen LogP contribution in [0.25, 0.3) is 32.8 Å². The van der Waals surface area contributed by atoms with Gasteiger partial charge in [0, 0.05) is 10.8 Å². The molecule has 0 atom stereocenters. The first-order valence-corrected chi connectivity index (χ1v) is 6.31. The molecule has 1 heterocycles. The number of hydrogen-bond acceptors (Lipinski definition) is 2. The third kappa shape index (κ3) is 1.42. The van der Waals surface area contributed by atoms with Crippen LogP contribution in [0.3, 0.4) is 0 Å². The van der Waals surface area contributed by atoms with Crippen molar-refractivity contribution in [1.82, 2.24) is 9.97 Å². The highest BCUT2D eigenvalue weighted by Gasteiger charge is 2.07. The van der Waals surface area contributed by atoms with Gasteiger partial charge >= 0.3 is 0 Å². The predicted octanol–water partition coefficient (Wildman–Crippen LogP) is 2.52. The summed E-state index contributed by atoms with van der Waals surface area (Å²) in [5.41, 5.74) is 2.74. The fourth-order valence-electron chi connectivity index (χ4n) is 2.58. The number of hydrogen-bond donors (Lipinski definition) is 2. The van der Waals surface area contributed by atoms with Crippen molar-refractivity contribution in [2.24, 2.45) is 0 Å². The Morgan fingerprint density at radius 2 is 1.35 bits per heavy atom. The number of H-pyrrole nitrogens is 2. The monoisotopic (exact) mass is 262 g/mol. The molecule has 0 fully saturated rings. The van der Waals surface area contributed by atoms with Gasteiger partial charge < -0.3 is 9.97 Å². The quantitative estimate of drug-likeness (QED) is 0.290. The summed E-state index contributed by atoms with van der Waals surface area (Å²) in [6.07, 6.45) is 0. The Hall–Kier alpha value is -2.88. The third-order valence-electron chi connectivity index (χ3n) is 3.57. The molecule has 0 amide bonds. The highest BCUT2D eigenvalue weighted by molar-refractivity contribution is 6.05. The van der Waals surface area contributed by atoms with Gasteiger partial charge in [-0.25, -0.2) is 0 Å². The number of nitrogens with one attached hydrogen (secondary N) is 2. The molecule has 20 heavy (non-hydrogen) atoms. The molecular formula is C16H10N2O2. The average Bonchev–Trinajstić information content (AvgIpc) is 2.48. The summed E-state index contributed by atoms with van der Waals surface area (Å²) in [6.45, 7) is 0. The number of benzene rings is 3. The van der Waals surface area contributed by atoms with E-state index in [1.165, 1.54) is 6.07 Å². The topological polar surface area (TPSA) is 65.7 Å². The fourth-order valence-corrected chi connectivity index (χ4v) is 2.58. The zero-order chi connectivity index (χ0) is 13.7. The molecule has 2 N–H and O–H groups in total. The molecule has 0 saturated carbocycles. The van der Waals surface area contributed by atoms with E-state index in [2.05, 4.69) is 9.97 Å². The SMILES string of the molecule is O=c1ccc2c(ccc3[nH]c4ccccc4[nH]c32)c1=O. The first-order chi connectivity index (χ1) is 9.74. The maximum absolute atomic E-state index is 11.9. The lowest BCUT2D eigenvalue weighted by atomic mass is 10.1. The lowest BCUT2D eigenvalue weighted by Gasteiger charge is -2.06. The highest BCUT2D eigenvalue weighted by Crippen LogP contribution is 2.22. The standard InChI is InChI=1S/C16H10N2O2/c19-14-8-6-9-10(16(14)20)5-7-13-15(9)18-12-4-2-1-3-11(12)17-13/h1-8,17-18H. The summed E-state index contributed by atoms with van der Waals surface area (Å²) in [6, 6.07) is 14.4. The summed E-state index contributed by atoms with van der Waals surface area (Å²) < 4.78 is 0. The number of rotatable bonds is 0. The van der Waals surface area contributed by atoms with Crippen LogP contribution in [0, 0.1) is 0 Å². The van der Waals surface area contributed by atoms with Gasteiger partial charge in [0.15, 0.2) is 0 Å². The number of aromatic nitrogens is 2. The average molecular weight is 262 g/mol. The highest BCUT2D eigenvalue weighted by atomic mass is 16.2. The van der Waals surface area contributed by atoms with Crippen molar-refractivity contribution in [3.63, 3.8) is 0 Å². The van der Waals surface area contributed by atoms with Crippen molar-refractivity contribution >= 4 is 32.8 Å². The van der Waals surface area contributed by atoms with Crippen LogP contribution in [-0.2, 0) is 0 Å². The number of aromatic amines is 2. The molecule has 4 heteroatoms. The maximum Gasteiger partial charge on any atom is 0.233 e. The van der Waals surface area contributed by atoms with E-state index in [0.717, 1.165) is 27.5 Å². The van der Waals surface area contributed by atoms with Crippen LogP contribution in [-0.4, -0.2) is 9.97 Å². The molecule has 4 nitrogen and oxygen atoms in total. The van der Waals surface area contributed by atoms with E-state index in [-0.39, 0.29) is 0 Å². The summed E-state index contributed by atoms with van der Waals surface area (Å²) in [5, 5.41) is 1.21. The van der Waals surface area contributed by atoms with Gasteiger partial charge in [0.1, 0.15) is 0 Å². The summed E-state index contributed by atoms with van der Waals surface area (Å²) >= 11 is 0. The van der Waals surface area contributed by atoms with Crippen molar-refractivity contribution in [1.29, 1.82) is 0 Å². The summed E-state index contributed by atoms with van der Waals surface area (Å²) in [7, 11) is 0. The minimum absolute atomic E-state index is 0.449. The van der Waals surface area contributed by atoms with Crippen molar-refractivity contribution < 1.29 is 0 Å². The van der Waals surface area contributed by atoms with Crippen LogP contribution in [0.1, 0.15) is 0 Å². The second kappa shape index (κ2) is 3.81. The molecule has 3 aromatic carbocycles. The van der Waals surface area contributed by atoms with E-state index >= 15 is 0 Å². The first kappa shape index (κ1) is 11.0. The van der Waals surface area contributed by atoms with Crippen LogP contribution in [0.5, 0.6) is 0 Å². The number of para-hydroxylation sites is 2. The molecule has 0 aliphatic rings. The van der Waals surface area contributed by atoms with Gasteiger partial charge in [-0.1, -0.05) is 12.1 Å². The van der Waals surface area contributed by atoms with Crippen molar-refractivity contribution in [3.8, 4) is 0 Å². The molecule has 0 aliphatic heterocycles. The van der Waals surface area contributed by atoms with Crippen LogP contribution in [0.4, 0.5) is 0 Å². The number of fused-ring (bicyclic) bond motifs is 4. The van der Waals surface area contributed by atoms with Crippen LogP contribution < -0.4 is 10.9 Å². The minimum Gasteiger partial charge on any atom is -0.352 e. The molecule has 4 rings (SSSR count). The molecule has 1 aromatic heterocycles. The van der Waals surface area contributed by atoms with Gasteiger partial charge in [-0.05, 0) is 36.4 Å². The Labute approximate surface area is 112 Å². The summed E-state index contributed by atoms with van der Waals surface area (Å²) in [5.74, 6) is 0. The van der Waals surface area contributed by atoms with Gasteiger partial charge in [0.05, 0.1) is 22.1 Å². The molecule has 96 valence electrons. The molecule has 0 saturated heterocycles. The van der Waals surface area contributed by atoms with Gasteiger partial charge in [0.2, 0.25) is 10.9 Å². The molecule has 0 unspecified atom stereocenters. The zero-order valence-corrected chi connectivity index (χ0v) is 10.4. The molecule has 4 aromatic rings. The molecular weight excluding hydrogens is 252 g/mol. The lowest BCUT2D eigenvalue weighted by molar-refractivity contribution is 1.40. The van der Waals surface area contributed by atoms with Crippen molar-refractivity contribution in [3.05, 3.63) is 69.0 Å². The Morgan fingerprint density at radius 3 is 2.15 bits per heavy atom. The second-order valence-electron chi connectivity index (χ2n) is 4.77.